The minimum absolute atomic E-state index is 0.0738. The van der Waals surface area contributed by atoms with Gasteiger partial charge in [0.1, 0.15) is 0 Å². The van der Waals surface area contributed by atoms with Gasteiger partial charge in [0, 0.05) is 43.5 Å². The molecule has 0 unspecified atom stereocenters. The molecular weight excluding hydrogens is 366 g/mol. The van der Waals surface area contributed by atoms with Crippen LogP contribution in [0.25, 0.3) is 0 Å². The van der Waals surface area contributed by atoms with E-state index in [-0.39, 0.29) is 18.1 Å². The molecule has 1 aromatic carbocycles. The van der Waals surface area contributed by atoms with E-state index in [0.717, 1.165) is 11.3 Å². The number of aryl methyl sites for hydroxylation is 2. The number of carbonyl (C=O) groups is 2. The fourth-order valence-corrected chi connectivity index (χ4v) is 3.04. The Morgan fingerprint density at radius 3 is 2.62 bits per heavy atom. The second kappa shape index (κ2) is 9.02. The van der Waals surface area contributed by atoms with Gasteiger partial charge in [-0.1, -0.05) is 29.8 Å². The van der Waals surface area contributed by atoms with Crippen LogP contribution in [-0.2, 0) is 24.8 Å². The van der Waals surface area contributed by atoms with Gasteiger partial charge in [0.25, 0.3) is 0 Å². The molecule has 0 atom stereocenters. The average Bonchev–Trinajstić information content (AvgIpc) is 3.29. The van der Waals surface area contributed by atoms with Crippen LogP contribution in [-0.4, -0.2) is 26.0 Å². The number of nitrogens with zero attached hydrogens (tertiary/aromatic N) is 4. The molecule has 7 nitrogen and oxygen atoms in total. The Hall–Kier alpha value is -3.66. The van der Waals surface area contributed by atoms with Gasteiger partial charge in [-0.2, -0.15) is 10.4 Å². The summed E-state index contributed by atoms with van der Waals surface area (Å²) >= 11 is 0. The largest absolute Gasteiger partial charge is 0.344 e. The van der Waals surface area contributed by atoms with Gasteiger partial charge in [0.15, 0.2) is 5.82 Å². The highest BCUT2D eigenvalue weighted by Crippen LogP contribution is 2.15. The van der Waals surface area contributed by atoms with Gasteiger partial charge in [0.2, 0.25) is 11.7 Å². The first-order chi connectivity index (χ1) is 14.0. The first-order valence-corrected chi connectivity index (χ1v) is 9.44. The van der Waals surface area contributed by atoms with Crippen LogP contribution in [0.2, 0.25) is 0 Å². The Morgan fingerprint density at radius 2 is 1.90 bits per heavy atom. The molecule has 3 aromatic rings. The quantitative estimate of drug-likeness (QED) is 0.473. The third-order valence-electron chi connectivity index (χ3n) is 4.70. The van der Waals surface area contributed by atoms with Gasteiger partial charge in [-0.05, 0) is 25.5 Å². The minimum atomic E-state index is -0.206. The molecule has 0 aliphatic carbocycles. The number of unbranched alkanes of at least 4 members (excludes halogenated alkanes) is 1. The lowest BCUT2D eigenvalue weighted by molar-refractivity contribution is -0.115. The van der Waals surface area contributed by atoms with Crippen molar-refractivity contribution in [2.24, 2.45) is 7.05 Å². The summed E-state index contributed by atoms with van der Waals surface area (Å²) in [6, 6.07) is 14.8. The summed E-state index contributed by atoms with van der Waals surface area (Å²) < 4.78 is 3.45. The molecule has 3 rings (SSSR count). The molecule has 2 heterocycles. The van der Waals surface area contributed by atoms with Crippen molar-refractivity contribution >= 4 is 17.5 Å². The van der Waals surface area contributed by atoms with Crippen molar-refractivity contribution in [3.05, 3.63) is 71.2 Å². The summed E-state index contributed by atoms with van der Waals surface area (Å²) in [6.45, 7) is 2.61. The van der Waals surface area contributed by atoms with Crippen LogP contribution in [0.5, 0.6) is 0 Å². The summed E-state index contributed by atoms with van der Waals surface area (Å²) in [5.74, 6) is 0.190. The van der Waals surface area contributed by atoms with Crippen molar-refractivity contribution in [1.29, 1.82) is 5.26 Å². The second-order valence-corrected chi connectivity index (χ2v) is 6.91. The van der Waals surface area contributed by atoms with Crippen molar-refractivity contribution < 1.29 is 9.59 Å². The minimum Gasteiger partial charge on any atom is -0.344 e. The average molecular weight is 389 g/mol. The van der Waals surface area contributed by atoms with Crippen molar-refractivity contribution in [2.75, 3.05) is 5.32 Å². The highest BCUT2D eigenvalue weighted by molar-refractivity contribution is 6.08. The molecule has 2 aromatic heterocycles. The Kier molecular flexibility index (Phi) is 6.25. The summed E-state index contributed by atoms with van der Waals surface area (Å²) in [6.07, 6.45) is 3.10. The molecule has 0 radical (unpaired) electrons. The predicted octanol–water partition coefficient (Wildman–Crippen LogP) is 3.25. The van der Waals surface area contributed by atoms with Crippen LogP contribution in [0.4, 0.5) is 5.82 Å². The molecule has 1 N–H and O–H groups in total. The Labute approximate surface area is 169 Å². The van der Waals surface area contributed by atoms with Crippen LogP contribution in [0.15, 0.2) is 48.7 Å². The standard InChI is InChI=1S/C22H23N5O2/c1-16-5-7-17(8-6-16)22(29)19-10-9-18(26(19)2)15-21(28)24-20-11-14-27(25-20)13-4-3-12-23/h5-11,14H,3-4,13,15H2,1-2H3,(H,24,25,28). The van der Waals surface area contributed by atoms with Crippen LogP contribution < -0.4 is 5.32 Å². The third-order valence-corrected chi connectivity index (χ3v) is 4.70. The number of carbonyl (C=O) groups excluding carboxylic acids is 2. The number of benzene rings is 1. The number of hydrogen-bond donors (Lipinski definition) is 1. The predicted molar refractivity (Wildman–Crippen MR) is 109 cm³/mol. The zero-order valence-electron chi connectivity index (χ0n) is 16.6. The van der Waals surface area contributed by atoms with E-state index in [1.165, 1.54) is 0 Å². The summed E-state index contributed by atoms with van der Waals surface area (Å²) in [5.41, 5.74) is 3.00. The lowest BCUT2D eigenvalue weighted by Gasteiger charge is -2.08. The summed E-state index contributed by atoms with van der Waals surface area (Å²) in [4.78, 5) is 25.1. The number of nitrogens with one attached hydrogen (secondary N) is 1. The maximum atomic E-state index is 12.7. The maximum absolute atomic E-state index is 12.7. The monoisotopic (exact) mass is 389 g/mol. The molecule has 148 valence electrons. The lowest BCUT2D eigenvalue weighted by atomic mass is 10.1. The van der Waals surface area contributed by atoms with Crippen LogP contribution in [0.3, 0.4) is 0 Å². The van der Waals surface area contributed by atoms with Gasteiger partial charge >= 0.3 is 0 Å². The summed E-state index contributed by atoms with van der Waals surface area (Å²) in [5, 5.41) is 15.6. The fraction of sp³-hybridized carbons (Fsp3) is 0.273. The van der Waals surface area contributed by atoms with E-state index in [1.54, 1.807) is 40.7 Å². The van der Waals surface area contributed by atoms with Gasteiger partial charge in [0.05, 0.1) is 18.2 Å². The first kappa shape index (κ1) is 20.1. The Balaban J connectivity index is 1.62. The van der Waals surface area contributed by atoms with E-state index in [1.807, 2.05) is 31.2 Å². The first-order valence-electron chi connectivity index (χ1n) is 9.44. The second-order valence-electron chi connectivity index (χ2n) is 6.91. The van der Waals surface area contributed by atoms with Crippen molar-refractivity contribution in [1.82, 2.24) is 14.3 Å². The van der Waals surface area contributed by atoms with E-state index in [9.17, 15) is 9.59 Å². The third kappa shape index (κ3) is 4.99. The van der Waals surface area contributed by atoms with E-state index in [0.29, 0.717) is 36.5 Å². The number of hydrogen-bond acceptors (Lipinski definition) is 4. The number of ketones is 1. The number of nitriles is 1. The molecule has 0 aliphatic rings. The van der Waals surface area contributed by atoms with Crippen LogP contribution in [0, 0.1) is 18.3 Å². The molecule has 7 heteroatoms. The zero-order valence-corrected chi connectivity index (χ0v) is 16.6. The van der Waals surface area contributed by atoms with E-state index in [4.69, 9.17) is 5.26 Å². The Bertz CT molecular complexity index is 1050. The van der Waals surface area contributed by atoms with Gasteiger partial charge in [-0.25, -0.2) is 0 Å². The van der Waals surface area contributed by atoms with Crippen molar-refractivity contribution in [3.8, 4) is 6.07 Å². The van der Waals surface area contributed by atoms with Crippen molar-refractivity contribution in [3.63, 3.8) is 0 Å². The highest BCUT2D eigenvalue weighted by atomic mass is 16.1. The molecule has 1 amide bonds. The van der Waals surface area contributed by atoms with E-state index in [2.05, 4.69) is 16.5 Å². The Morgan fingerprint density at radius 1 is 1.14 bits per heavy atom. The summed E-state index contributed by atoms with van der Waals surface area (Å²) in [7, 11) is 1.79. The number of rotatable bonds is 8. The highest BCUT2D eigenvalue weighted by Gasteiger charge is 2.16. The van der Waals surface area contributed by atoms with E-state index >= 15 is 0 Å². The zero-order chi connectivity index (χ0) is 20.8. The smallest absolute Gasteiger partial charge is 0.231 e. The molecular formula is C22H23N5O2. The topological polar surface area (TPSA) is 92.7 Å². The molecule has 0 aliphatic heterocycles. The molecule has 0 saturated carbocycles. The lowest BCUT2D eigenvalue weighted by Crippen LogP contribution is -2.18. The molecule has 0 saturated heterocycles. The van der Waals surface area contributed by atoms with E-state index < -0.39 is 0 Å². The van der Waals surface area contributed by atoms with Crippen LogP contribution >= 0.6 is 0 Å². The van der Waals surface area contributed by atoms with Crippen LogP contribution in [0.1, 0.15) is 40.2 Å². The number of anilines is 1. The molecule has 0 fully saturated rings. The number of aromatic nitrogens is 3. The van der Waals surface area contributed by atoms with Gasteiger partial charge < -0.3 is 9.88 Å². The SMILES string of the molecule is Cc1ccc(C(=O)c2ccc(CC(=O)Nc3ccn(CCCC#N)n3)n2C)cc1. The fourth-order valence-electron chi connectivity index (χ4n) is 3.04. The normalized spacial score (nSPS) is 10.5. The van der Waals surface area contributed by atoms with Crippen molar-refractivity contribution in [2.45, 2.75) is 32.7 Å². The maximum Gasteiger partial charge on any atom is 0.231 e. The molecule has 29 heavy (non-hydrogen) atoms. The molecule has 0 spiro atoms. The van der Waals surface area contributed by atoms with Gasteiger partial charge in [-0.15, -0.1) is 0 Å². The number of amides is 1. The van der Waals surface area contributed by atoms with Gasteiger partial charge in [-0.3, -0.25) is 14.3 Å². The molecule has 0 bridgehead atoms.